The van der Waals surface area contributed by atoms with Crippen molar-refractivity contribution in [1.82, 2.24) is 24.5 Å². The summed E-state index contributed by atoms with van der Waals surface area (Å²) in [5.74, 6) is 0.885. The van der Waals surface area contributed by atoms with E-state index in [1.54, 1.807) is 18.3 Å². The van der Waals surface area contributed by atoms with Crippen LogP contribution in [0.2, 0.25) is 0 Å². The van der Waals surface area contributed by atoms with Crippen molar-refractivity contribution in [3.63, 3.8) is 0 Å². The highest BCUT2D eigenvalue weighted by Crippen LogP contribution is 2.32. The Bertz CT molecular complexity index is 919. The first-order valence-corrected chi connectivity index (χ1v) is 7.89. The smallest absolute Gasteiger partial charge is 0.224 e. The van der Waals surface area contributed by atoms with Crippen LogP contribution in [0, 0.1) is 0 Å². The van der Waals surface area contributed by atoms with Crippen LogP contribution in [-0.2, 0) is 4.74 Å². The molecule has 0 saturated carbocycles. The Morgan fingerprint density at radius 3 is 2.73 bits per heavy atom. The molecule has 1 fully saturated rings. The van der Waals surface area contributed by atoms with Gasteiger partial charge in [0, 0.05) is 6.20 Å². The molecule has 11 heteroatoms. The lowest BCUT2D eigenvalue weighted by molar-refractivity contribution is -0.0511. The van der Waals surface area contributed by atoms with Gasteiger partial charge >= 0.3 is 0 Å². The SMILES string of the molecule is Nc1nc(Nc2ccccn2)c2ncn([C@@H]3O[C@H](CO)[C@H](O)[C@@H]3O)c2n1. The Hall–Kier alpha value is -2.86. The summed E-state index contributed by atoms with van der Waals surface area (Å²) in [6.07, 6.45) is -1.33. The summed E-state index contributed by atoms with van der Waals surface area (Å²) < 4.78 is 6.97. The normalized spacial score (nSPS) is 25.7. The number of nitrogens with one attached hydrogen (secondary N) is 1. The minimum Gasteiger partial charge on any atom is -0.394 e. The molecule has 1 aliphatic rings. The van der Waals surface area contributed by atoms with Crippen LogP contribution in [0.5, 0.6) is 0 Å². The Morgan fingerprint density at radius 2 is 2.04 bits per heavy atom. The van der Waals surface area contributed by atoms with Crippen molar-refractivity contribution in [2.24, 2.45) is 0 Å². The van der Waals surface area contributed by atoms with Crippen LogP contribution < -0.4 is 11.1 Å². The fourth-order valence-corrected chi connectivity index (χ4v) is 2.87. The van der Waals surface area contributed by atoms with Crippen LogP contribution in [0.4, 0.5) is 17.6 Å². The van der Waals surface area contributed by atoms with Gasteiger partial charge in [-0.15, -0.1) is 0 Å². The first kappa shape index (κ1) is 16.6. The molecule has 0 amide bonds. The number of nitrogens with zero attached hydrogens (tertiary/aromatic N) is 5. The highest BCUT2D eigenvalue weighted by Gasteiger charge is 2.44. The fourth-order valence-electron chi connectivity index (χ4n) is 2.87. The highest BCUT2D eigenvalue weighted by atomic mass is 16.6. The first-order valence-electron chi connectivity index (χ1n) is 7.89. The number of nitrogen functional groups attached to an aromatic ring is 1. The maximum atomic E-state index is 10.2. The van der Waals surface area contributed by atoms with Gasteiger partial charge in [-0.2, -0.15) is 9.97 Å². The molecule has 11 nitrogen and oxygen atoms in total. The highest BCUT2D eigenvalue weighted by molar-refractivity contribution is 5.86. The van der Waals surface area contributed by atoms with Crippen molar-refractivity contribution >= 4 is 28.7 Å². The lowest BCUT2D eigenvalue weighted by atomic mass is 10.1. The van der Waals surface area contributed by atoms with Gasteiger partial charge in [0.15, 0.2) is 23.2 Å². The molecule has 0 aliphatic carbocycles. The second-order valence-electron chi connectivity index (χ2n) is 5.82. The largest absolute Gasteiger partial charge is 0.394 e. The van der Waals surface area contributed by atoms with Crippen LogP contribution in [-0.4, -0.2) is 64.7 Å². The fraction of sp³-hybridized carbons (Fsp3) is 0.333. The van der Waals surface area contributed by atoms with E-state index in [9.17, 15) is 15.3 Å². The summed E-state index contributed by atoms with van der Waals surface area (Å²) in [6.45, 7) is -0.426. The van der Waals surface area contributed by atoms with E-state index in [4.69, 9.17) is 10.5 Å². The number of fused-ring (bicyclic) bond motifs is 1. The molecule has 3 aromatic heterocycles. The lowest BCUT2D eigenvalue weighted by Crippen LogP contribution is -2.33. The molecular formula is C15H17N7O4. The first-order chi connectivity index (χ1) is 12.6. The van der Waals surface area contributed by atoms with Crippen molar-refractivity contribution in [2.45, 2.75) is 24.5 Å². The molecule has 0 aromatic carbocycles. The summed E-state index contributed by atoms with van der Waals surface area (Å²) in [5, 5.41) is 32.5. The van der Waals surface area contributed by atoms with E-state index in [1.807, 2.05) is 6.07 Å². The molecule has 0 spiro atoms. The minimum atomic E-state index is -1.26. The van der Waals surface area contributed by atoms with E-state index < -0.39 is 31.1 Å². The Balaban J connectivity index is 1.75. The molecule has 136 valence electrons. The van der Waals surface area contributed by atoms with E-state index in [1.165, 1.54) is 10.9 Å². The zero-order chi connectivity index (χ0) is 18.3. The molecule has 1 saturated heterocycles. The second kappa shape index (κ2) is 6.46. The number of aromatic nitrogens is 5. The van der Waals surface area contributed by atoms with Crippen LogP contribution >= 0.6 is 0 Å². The van der Waals surface area contributed by atoms with Crippen molar-refractivity contribution in [3.05, 3.63) is 30.7 Å². The molecule has 0 radical (unpaired) electrons. The Kier molecular flexibility index (Phi) is 4.12. The average Bonchev–Trinajstić information content (AvgIpc) is 3.17. The van der Waals surface area contributed by atoms with E-state index in [2.05, 4.69) is 25.3 Å². The quantitative estimate of drug-likeness (QED) is 0.396. The van der Waals surface area contributed by atoms with Crippen LogP contribution in [0.1, 0.15) is 6.23 Å². The van der Waals surface area contributed by atoms with E-state index in [0.717, 1.165) is 0 Å². The van der Waals surface area contributed by atoms with Crippen molar-refractivity contribution in [2.75, 3.05) is 17.7 Å². The van der Waals surface area contributed by atoms with Crippen LogP contribution in [0.15, 0.2) is 30.7 Å². The summed E-state index contributed by atoms with van der Waals surface area (Å²) in [5.41, 5.74) is 6.51. The van der Waals surface area contributed by atoms with Crippen LogP contribution in [0.25, 0.3) is 11.2 Å². The van der Waals surface area contributed by atoms with Gasteiger partial charge in [-0.05, 0) is 12.1 Å². The third-order valence-corrected chi connectivity index (χ3v) is 4.14. The van der Waals surface area contributed by atoms with Crippen LogP contribution in [0.3, 0.4) is 0 Å². The van der Waals surface area contributed by atoms with Gasteiger partial charge in [-0.3, -0.25) is 4.57 Å². The van der Waals surface area contributed by atoms with Gasteiger partial charge < -0.3 is 31.1 Å². The van der Waals surface area contributed by atoms with Gasteiger partial charge in [0.25, 0.3) is 0 Å². The van der Waals surface area contributed by atoms with Gasteiger partial charge in [0.05, 0.1) is 12.9 Å². The molecule has 4 atom stereocenters. The number of hydrogen-bond acceptors (Lipinski definition) is 10. The second-order valence-corrected chi connectivity index (χ2v) is 5.82. The van der Waals surface area contributed by atoms with E-state index in [0.29, 0.717) is 22.8 Å². The Morgan fingerprint density at radius 1 is 1.19 bits per heavy atom. The number of nitrogens with two attached hydrogens (primary N) is 1. The molecule has 4 rings (SSSR count). The van der Waals surface area contributed by atoms with E-state index in [-0.39, 0.29) is 5.95 Å². The number of imidazole rings is 1. The van der Waals surface area contributed by atoms with Gasteiger partial charge in [0.1, 0.15) is 24.1 Å². The summed E-state index contributed by atoms with van der Waals surface area (Å²) in [4.78, 5) is 16.7. The molecule has 3 aromatic rings. The predicted octanol–water partition coefficient (Wildman–Crippen LogP) is -0.841. The zero-order valence-corrected chi connectivity index (χ0v) is 13.5. The zero-order valence-electron chi connectivity index (χ0n) is 13.5. The summed E-state index contributed by atoms with van der Waals surface area (Å²) >= 11 is 0. The van der Waals surface area contributed by atoms with Gasteiger partial charge in [-0.25, -0.2) is 9.97 Å². The maximum absolute atomic E-state index is 10.2. The Labute approximate surface area is 147 Å². The molecule has 1 aliphatic heterocycles. The number of aliphatic hydroxyl groups is 3. The molecule has 4 heterocycles. The number of rotatable bonds is 4. The molecule has 0 unspecified atom stereocenters. The summed E-state index contributed by atoms with van der Waals surface area (Å²) in [6, 6.07) is 5.35. The maximum Gasteiger partial charge on any atom is 0.224 e. The van der Waals surface area contributed by atoms with Crippen molar-refractivity contribution < 1.29 is 20.1 Å². The molecule has 26 heavy (non-hydrogen) atoms. The van der Waals surface area contributed by atoms with Crippen molar-refractivity contribution in [1.29, 1.82) is 0 Å². The predicted molar refractivity (Wildman–Crippen MR) is 90.3 cm³/mol. The molecule has 6 N–H and O–H groups in total. The van der Waals surface area contributed by atoms with Gasteiger partial charge in [0.2, 0.25) is 5.95 Å². The van der Waals surface area contributed by atoms with Crippen molar-refractivity contribution in [3.8, 4) is 0 Å². The monoisotopic (exact) mass is 359 g/mol. The standard InChI is InChI=1S/C15H17N7O4/c16-15-20-12(19-8-3-1-2-4-17-8)9-13(21-15)22(6-18-9)14-11(25)10(24)7(5-23)26-14/h1-4,6-7,10-11,14,23-25H,5H2,(H3,16,17,19,20,21)/t7-,10+,11+,14-/m1/s1. The number of hydrogen-bond donors (Lipinski definition) is 5. The number of aliphatic hydroxyl groups excluding tert-OH is 3. The molecule has 0 bridgehead atoms. The van der Waals surface area contributed by atoms with E-state index >= 15 is 0 Å². The average molecular weight is 359 g/mol. The summed E-state index contributed by atoms with van der Waals surface area (Å²) in [7, 11) is 0. The third kappa shape index (κ3) is 2.72. The topological polar surface area (TPSA) is 164 Å². The number of anilines is 3. The molecular weight excluding hydrogens is 342 g/mol. The number of pyridine rings is 1. The minimum absolute atomic E-state index is 0.00979. The number of ether oxygens (including phenoxy) is 1. The lowest BCUT2D eigenvalue weighted by Gasteiger charge is -2.16. The third-order valence-electron chi connectivity index (χ3n) is 4.14. The van der Waals surface area contributed by atoms with Gasteiger partial charge in [-0.1, -0.05) is 6.07 Å².